The van der Waals surface area contributed by atoms with Crippen molar-refractivity contribution in [1.29, 1.82) is 0 Å². The lowest BCUT2D eigenvalue weighted by molar-refractivity contribution is 0.102. The summed E-state index contributed by atoms with van der Waals surface area (Å²) < 4.78 is 1.93. The van der Waals surface area contributed by atoms with Crippen LogP contribution in [-0.4, -0.2) is 30.9 Å². The van der Waals surface area contributed by atoms with E-state index in [9.17, 15) is 4.79 Å². The van der Waals surface area contributed by atoms with E-state index in [1.54, 1.807) is 0 Å². The Balaban J connectivity index is 1.83. The monoisotopic (exact) mass is 384 g/mol. The van der Waals surface area contributed by atoms with Crippen LogP contribution in [-0.2, 0) is 12.0 Å². The van der Waals surface area contributed by atoms with E-state index in [1.807, 2.05) is 24.6 Å². The third-order valence-corrected chi connectivity index (χ3v) is 5.68. The average molecular weight is 385 g/mol. The molecule has 0 bridgehead atoms. The Morgan fingerprint density at radius 1 is 1.33 bits per heavy atom. The molecule has 4 rings (SSSR count). The van der Waals surface area contributed by atoms with Crippen LogP contribution in [0.25, 0.3) is 11.0 Å². The van der Waals surface area contributed by atoms with Crippen LogP contribution >= 0.6 is 11.3 Å². The van der Waals surface area contributed by atoms with Gasteiger partial charge < -0.3 is 0 Å². The number of rotatable bonds is 4. The highest BCUT2D eigenvalue weighted by Crippen LogP contribution is 2.41. The number of nitrogens with one attached hydrogen (secondary N) is 1. The summed E-state index contributed by atoms with van der Waals surface area (Å²) in [7, 11) is 0. The van der Waals surface area contributed by atoms with Crippen LogP contribution in [0.1, 0.15) is 73.2 Å². The van der Waals surface area contributed by atoms with Crippen molar-refractivity contribution < 1.29 is 4.79 Å². The second-order valence-electron chi connectivity index (χ2n) is 8.04. The number of carbonyl (C=O) groups is 1. The van der Waals surface area contributed by atoms with Gasteiger partial charge >= 0.3 is 0 Å². The quantitative estimate of drug-likeness (QED) is 0.734. The maximum atomic E-state index is 13.1. The molecule has 0 radical (unpaired) electrons. The zero-order chi connectivity index (χ0) is 19.3. The van der Waals surface area contributed by atoms with Gasteiger partial charge in [-0.15, -0.1) is 10.2 Å². The fraction of sp³-hybridized carbons (Fsp3) is 0.526. The summed E-state index contributed by atoms with van der Waals surface area (Å²) >= 11 is 1.41. The Morgan fingerprint density at radius 2 is 2.07 bits per heavy atom. The van der Waals surface area contributed by atoms with E-state index in [0.717, 1.165) is 46.7 Å². The maximum Gasteiger partial charge on any atom is 0.258 e. The molecule has 27 heavy (non-hydrogen) atoms. The van der Waals surface area contributed by atoms with E-state index in [4.69, 9.17) is 10.1 Å². The zero-order valence-electron chi connectivity index (χ0n) is 16.3. The smallest absolute Gasteiger partial charge is 0.258 e. The fourth-order valence-corrected chi connectivity index (χ4v) is 3.83. The minimum atomic E-state index is -0.218. The van der Waals surface area contributed by atoms with E-state index in [-0.39, 0.29) is 11.4 Å². The molecule has 0 atom stereocenters. The summed E-state index contributed by atoms with van der Waals surface area (Å²) in [6, 6.07) is 1.93. The van der Waals surface area contributed by atoms with E-state index in [1.165, 1.54) is 11.3 Å². The fourth-order valence-electron chi connectivity index (χ4n) is 3.15. The molecule has 7 nitrogen and oxygen atoms in total. The molecule has 1 aliphatic rings. The lowest BCUT2D eigenvalue weighted by Gasteiger charge is -2.20. The molecule has 0 saturated heterocycles. The van der Waals surface area contributed by atoms with Crippen molar-refractivity contribution in [1.82, 2.24) is 25.0 Å². The Morgan fingerprint density at radius 3 is 2.67 bits per heavy atom. The summed E-state index contributed by atoms with van der Waals surface area (Å²) in [5.41, 5.74) is 2.96. The van der Waals surface area contributed by atoms with Crippen LogP contribution in [0.15, 0.2) is 6.07 Å². The van der Waals surface area contributed by atoms with Gasteiger partial charge in [0.2, 0.25) is 5.13 Å². The molecule has 3 aromatic heterocycles. The maximum absolute atomic E-state index is 13.1. The van der Waals surface area contributed by atoms with Gasteiger partial charge in [-0.05, 0) is 53.0 Å². The number of nitrogens with zero attached hydrogens (tertiary/aromatic N) is 5. The standard InChI is InChI=1S/C19H24N6OS/c1-6-14-22-23-18(27-14)21-17(26)12-9-13(11-7-8-11)20-16-15(12)10(2)24-25(16)19(3,4)5/h9,11H,6-8H2,1-5H3,(H,21,23,26). The van der Waals surface area contributed by atoms with Crippen molar-refractivity contribution in [3.05, 3.63) is 28.0 Å². The molecule has 0 unspecified atom stereocenters. The van der Waals surface area contributed by atoms with Crippen LogP contribution < -0.4 is 5.32 Å². The topological polar surface area (TPSA) is 85.6 Å². The molecule has 1 N–H and O–H groups in total. The van der Waals surface area contributed by atoms with Crippen molar-refractivity contribution in [2.24, 2.45) is 0 Å². The van der Waals surface area contributed by atoms with Gasteiger partial charge in [-0.1, -0.05) is 18.3 Å². The SMILES string of the molecule is CCc1nnc(NC(=O)c2cc(C3CC3)nc3c2c(C)nn3C(C)(C)C)s1. The van der Waals surface area contributed by atoms with Crippen LogP contribution in [0.4, 0.5) is 5.13 Å². The Bertz CT molecular complexity index is 1020. The van der Waals surface area contributed by atoms with Crippen LogP contribution in [0, 0.1) is 6.92 Å². The molecule has 3 aromatic rings. The van der Waals surface area contributed by atoms with Gasteiger partial charge in [-0.25, -0.2) is 9.67 Å². The number of amides is 1. The summed E-state index contributed by atoms with van der Waals surface area (Å²) in [5, 5.41) is 18.0. The summed E-state index contributed by atoms with van der Waals surface area (Å²) in [5.74, 6) is 0.262. The summed E-state index contributed by atoms with van der Waals surface area (Å²) in [6.07, 6.45) is 3.05. The first-order valence-corrected chi connectivity index (χ1v) is 10.1. The molecular weight excluding hydrogens is 360 g/mol. The number of carbonyl (C=O) groups excluding carboxylic acids is 1. The van der Waals surface area contributed by atoms with Crippen molar-refractivity contribution in [3.63, 3.8) is 0 Å². The minimum absolute atomic E-state index is 0.181. The Kier molecular flexibility index (Phi) is 4.25. The predicted molar refractivity (Wildman–Crippen MR) is 106 cm³/mol. The minimum Gasteiger partial charge on any atom is -0.296 e. The second kappa shape index (κ2) is 6.37. The first kappa shape index (κ1) is 18.0. The van der Waals surface area contributed by atoms with Crippen LogP contribution in [0.2, 0.25) is 0 Å². The van der Waals surface area contributed by atoms with Gasteiger partial charge in [-0.2, -0.15) is 5.10 Å². The van der Waals surface area contributed by atoms with E-state index in [0.29, 0.717) is 16.6 Å². The lowest BCUT2D eigenvalue weighted by Crippen LogP contribution is -2.23. The third kappa shape index (κ3) is 3.34. The van der Waals surface area contributed by atoms with Crippen molar-refractivity contribution in [2.45, 2.75) is 65.3 Å². The highest BCUT2D eigenvalue weighted by molar-refractivity contribution is 7.15. The number of aryl methyl sites for hydroxylation is 2. The normalized spacial score (nSPS) is 14.7. The molecule has 3 heterocycles. The average Bonchev–Trinajstić information content (AvgIpc) is 3.27. The number of anilines is 1. The molecular formula is C19H24N6OS. The Hall–Kier alpha value is -2.35. The van der Waals surface area contributed by atoms with Gasteiger partial charge in [0.15, 0.2) is 5.65 Å². The first-order valence-electron chi connectivity index (χ1n) is 9.32. The molecule has 1 fully saturated rings. The predicted octanol–water partition coefficient (Wildman–Crippen LogP) is 4.04. The van der Waals surface area contributed by atoms with Crippen molar-refractivity contribution in [2.75, 3.05) is 5.32 Å². The number of hydrogen-bond donors (Lipinski definition) is 1. The largest absolute Gasteiger partial charge is 0.296 e. The molecule has 0 spiro atoms. The van der Waals surface area contributed by atoms with E-state index >= 15 is 0 Å². The molecule has 1 saturated carbocycles. The lowest BCUT2D eigenvalue weighted by atomic mass is 10.1. The number of aromatic nitrogens is 5. The molecule has 0 aliphatic heterocycles. The van der Waals surface area contributed by atoms with E-state index in [2.05, 4.69) is 36.3 Å². The molecule has 1 amide bonds. The van der Waals surface area contributed by atoms with Gasteiger partial charge in [0, 0.05) is 11.6 Å². The third-order valence-electron chi connectivity index (χ3n) is 4.70. The first-order chi connectivity index (χ1) is 12.8. The van der Waals surface area contributed by atoms with E-state index < -0.39 is 0 Å². The molecule has 0 aromatic carbocycles. The second-order valence-corrected chi connectivity index (χ2v) is 9.11. The van der Waals surface area contributed by atoms with Crippen molar-refractivity contribution >= 4 is 33.4 Å². The highest BCUT2D eigenvalue weighted by Gasteiger charge is 2.30. The zero-order valence-corrected chi connectivity index (χ0v) is 17.1. The Labute approximate surface area is 162 Å². The van der Waals surface area contributed by atoms with Gasteiger partial charge in [0.1, 0.15) is 5.01 Å². The van der Waals surface area contributed by atoms with Crippen molar-refractivity contribution in [3.8, 4) is 0 Å². The van der Waals surface area contributed by atoms with Crippen LogP contribution in [0.5, 0.6) is 0 Å². The summed E-state index contributed by atoms with van der Waals surface area (Å²) in [6.45, 7) is 10.2. The molecule has 1 aliphatic carbocycles. The highest BCUT2D eigenvalue weighted by atomic mass is 32.1. The van der Waals surface area contributed by atoms with Gasteiger partial charge in [0.25, 0.3) is 5.91 Å². The number of pyridine rings is 1. The number of fused-ring (bicyclic) bond motifs is 1. The molecule has 8 heteroatoms. The van der Waals surface area contributed by atoms with Gasteiger partial charge in [-0.3, -0.25) is 10.1 Å². The number of hydrogen-bond acceptors (Lipinski definition) is 6. The summed E-state index contributed by atoms with van der Waals surface area (Å²) in [4.78, 5) is 18.0. The van der Waals surface area contributed by atoms with Gasteiger partial charge in [0.05, 0.1) is 22.2 Å². The molecule has 142 valence electrons. The van der Waals surface area contributed by atoms with Crippen LogP contribution in [0.3, 0.4) is 0 Å².